The molecule has 15 heavy (non-hydrogen) atoms. The van der Waals surface area contributed by atoms with Gasteiger partial charge in [-0.3, -0.25) is 0 Å². The van der Waals surface area contributed by atoms with Crippen LogP contribution in [0.15, 0.2) is 12.1 Å². The molecule has 0 aliphatic heterocycles. The van der Waals surface area contributed by atoms with Crippen LogP contribution in [-0.2, 0) is 33.9 Å². The first kappa shape index (κ1) is 14.8. The summed E-state index contributed by atoms with van der Waals surface area (Å²) in [4.78, 5) is 4.62. The Kier molecular flexibility index (Phi) is 7.09. The molecule has 0 bridgehead atoms. The summed E-state index contributed by atoms with van der Waals surface area (Å²) in [5.41, 5.74) is 2.36. The summed E-state index contributed by atoms with van der Waals surface area (Å²) < 4.78 is 0. The van der Waals surface area contributed by atoms with E-state index in [9.17, 15) is 0 Å². The van der Waals surface area contributed by atoms with Crippen molar-refractivity contribution in [1.29, 1.82) is 0 Å². The SMILES string of the molecule is CC(C)Cc1c[c-]cc(CC(C)C)n1.[W]. The summed E-state index contributed by atoms with van der Waals surface area (Å²) in [6.45, 7) is 8.88. The molecule has 1 nitrogen and oxygen atoms in total. The molecule has 0 atom stereocenters. The minimum atomic E-state index is 0. The van der Waals surface area contributed by atoms with Crippen LogP contribution in [0.25, 0.3) is 0 Å². The van der Waals surface area contributed by atoms with Crippen LogP contribution in [-0.4, -0.2) is 4.98 Å². The minimum Gasteiger partial charge on any atom is -0.384 e. The van der Waals surface area contributed by atoms with Gasteiger partial charge in [0.1, 0.15) is 0 Å². The number of pyridine rings is 1. The van der Waals surface area contributed by atoms with Crippen LogP contribution in [0.4, 0.5) is 0 Å². The Morgan fingerprint density at radius 1 is 1.00 bits per heavy atom. The van der Waals surface area contributed by atoms with Gasteiger partial charge in [-0.25, -0.2) is 0 Å². The van der Waals surface area contributed by atoms with Gasteiger partial charge in [0.2, 0.25) is 0 Å². The van der Waals surface area contributed by atoms with Gasteiger partial charge in [0.05, 0.1) is 0 Å². The molecule has 0 unspecified atom stereocenters. The van der Waals surface area contributed by atoms with Gasteiger partial charge in [-0.1, -0.05) is 63.8 Å². The zero-order valence-electron chi connectivity index (χ0n) is 10.1. The Labute approximate surface area is 108 Å². The molecule has 0 aliphatic carbocycles. The van der Waals surface area contributed by atoms with Crippen molar-refractivity contribution >= 4 is 0 Å². The van der Waals surface area contributed by atoms with Crippen molar-refractivity contribution in [2.45, 2.75) is 40.5 Å². The van der Waals surface area contributed by atoms with Crippen LogP contribution >= 0.6 is 0 Å². The third-order valence-electron chi connectivity index (χ3n) is 2.02. The topological polar surface area (TPSA) is 12.9 Å². The zero-order valence-corrected chi connectivity index (χ0v) is 13.0. The van der Waals surface area contributed by atoms with Gasteiger partial charge in [0, 0.05) is 21.1 Å². The largest absolute Gasteiger partial charge is 0.384 e. The molecule has 0 fully saturated rings. The molecule has 0 saturated carbocycles. The average Bonchev–Trinajstić information content (AvgIpc) is 2.01. The van der Waals surface area contributed by atoms with Gasteiger partial charge in [0.25, 0.3) is 0 Å². The Morgan fingerprint density at radius 2 is 1.40 bits per heavy atom. The number of rotatable bonds is 4. The Bertz CT molecular complexity index is 256. The summed E-state index contributed by atoms with van der Waals surface area (Å²) in [5.74, 6) is 1.34. The molecule has 0 amide bonds. The van der Waals surface area contributed by atoms with Crippen molar-refractivity contribution < 1.29 is 21.1 Å². The van der Waals surface area contributed by atoms with Gasteiger partial charge in [-0.05, 0) is 0 Å². The van der Waals surface area contributed by atoms with E-state index in [-0.39, 0.29) is 21.1 Å². The summed E-state index contributed by atoms with van der Waals surface area (Å²) in [7, 11) is 0. The Balaban J connectivity index is 0.00000196. The van der Waals surface area contributed by atoms with E-state index in [2.05, 4.69) is 38.7 Å². The molecule has 0 N–H and O–H groups in total. The smallest absolute Gasteiger partial charge is 0 e. The molecule has 0 spiro atoms. The van der Waals surface area contributed by atoms with E-state index in [1.165, 1.54) is 11.4 Å². The standard InChI is InChI=1S/C13H20N.W/c1-10(2)8-12-6-5-7-13(14-12)9-11(3)4;/h6-7,10-11H,8-9H2,1-4H3;/q-1;. The van der Waals surface area contributed by atoms with Gasteiger partial charge in [-0.2, -0.15) is 18.2 Å². The second kappa shape index (κ2) is 7.17. The molecular weight excluding hydrogens is 354 g/mol. The van der Waals surface area contributed by atoms with E-state index < -0.39 is 0 Å². The van der Waals surface area contributed by atoms with E-state index in [0.717, 1.165) is 12.8 Å². The fourth-order valence-electron chi connectivity index (χ4n) is 1.53. The molecule has 0 saturated heterocycles. The fourth-order valence-corrected chi connectivity index (χ4v) is 1.53. The first-order chi connectivity index (χ1) is 6.58. The number of aromatic nitrogens is 1. The third-order valence-corrected chi connectivity index (χ3v) is 2.02. The van der Waals surface area contributed by atoms with Crippen LogP contribution in [0.1, 0.15) is 39.1 Å². The average molecular weight is 374 g/mol. The molecule has 1 aromatic rings. The Hall–Kier alpha value is -0.162. The molecule has 0 aromatic carbocycles. The van der Waals surface area contributed by atoms with E-state index in [0.29, 0.717) is 11.8 Å². The molecule has 0 radical (unpaired) electrons. The van der Waals surface area contributed by atoms with E-state index in [1.54, 1.807) is 0 Å². The molecular formula is C13H20NW-. The van der Waals surface area contributed by atoms with Crippen LogP contribution in [0.3, 0.4) is 0 Å². The van der Waals surface area contributed by atoms with E-state index in [4.69, 9.17) is 0 Å². The molecule has 1 heterocycles. The van der Waals surface area contributed by atoms with Crippen molar-refractivity contribution in [3.8, 4) is 0 Å². The third kappa shape index (κ3) is 6.09. The Morgan fingerprint density at radius 3 is 1.73 bits per heavy atom. The maximum atomic E-state index is 4.62. The number of hydrogen-bond donors (Lipinski definition) is 0. The first-order valence-electron chi connectivity index (χ1n) is 5.43. The molecule has 1 rings (SSSR count). The van der Waals surface area contributed by atoms with Crippen LogP contribution in [0.5, 0.6) is 0 Å². The minimum absolute atomic E-state index is 0. The molecule has 0 aliphatic rings. The van der Waals surface area contributed by atoms with Gasteiger partial charge < -0.3 is 4.98 Å². The summed E-state index contributed by atoms with van der Waals surface area (Å²) in [6.07, 6.45) is 2.12. The molecule has 84 valence electrons. The summed E-state index contributed by atoms with van der Waals surface area (Å²) in [6, 6.07) is 7.19. The number of hydrogen-bond acceptors (Lipinski definition) is 1. The second-order valence-electron chi connectivity index (χ2n) is 4.75. The predicted octanol–water partition coefficient (Wildman–Crippen LogP) is 3.28. The van der Waals surface area contributed by atoms with Crippen molar-refractivity contribution in [2.24, 2.45) is 11.8 Å². The van der Waals surface area contributed by atoms with Crippen molar-refractivity contribution in [1.82, 2.24) is 4.98 Å². The van der Waals surface area contributed by atoms with Gasteiger partial charge in [0.15, 0.2) is 0 Å². The number of nitrogens with zero attached hydrogens (tertiary/aromatic N) is 1. The fraction of sp³-hybridized carbons (Fsp3) is 0.615. The predicted molar refractivity (Wildman–Crippen MR) is 60.2 cm³/mol. The van der Waals surface area contributed by atoms with Crippen molar-refractivity contribution in [2.75, 3.05) is 0 Å². The van der Waals surface area contributed by atoms with Crippen LogP contribution in [0, 0.1) is 17.9 Å². The van der Waals surface area contributed by atoms with Crippen molar-refractivity contribution in [3.63, 3.8) is 0 Å². The summed E-state index contributed by atoms with van der Waals surface area (Å²) >= 11 is 0. The zero-order chi connectivity index (χ0) is 10.6. The van der Waals surface area contributed by atoms with Crippen molar-refractivity contribution in [3.05, 3.63) is 29.6 Å². The monoisotopic (exact) mass is 374 g/mol. The normalized spacial score (nSPS) is 10.5. The van der Waals surface area contributed by atoms with Crippen LogP contribution < -0.4 is 0 Å². The van der Waals surface area contributed by atoms with E-state index >= 15 is 0 Å². The summed E-state index contributed by atoms with van der Waals surface area (Å²) in [5, 5.41) is 0. The van der Waals surface area contributed by atoms with Crippen LogP contribution in [0.2, 0.25) is 0 Å². The first-order valence-corrected chi connectivity index (χ1v) is 5.43. The van der Waals surface area contributed by atoms with Gasteiger partial charge >= 0.3 is 0 Å². The maximum Gasteiger partial charge on any atom is 0 e. The van der Waals surface area contributed by atoms with E-state index in [1.807, 2.05) is 12.1 Å². The second-order valence-corrected chi connectivity index (χ2v) is 4.75. The molecule has 2 heteroatoms. The van der Waals surface area contributed by atoms with Gasteiger partial charge in [-0.15, -0.1) is 0 Å². The molecule has 1 aromatic heterocycles. The quantitative estimate of drug-likeness (QED) is 0.738. The maximum absolute atomic E-state index is 4.62.